The maximum absolute atomic E-state index is 12.9. The summed E-state index contributed by atoms with van der Waals surface area (Å²) in [4.78, 5) is 27.5. The predicted molar refractivity (Wildman–Crippen MR) is 133 cm³/mol. The normalized spacial score (nSPS) is 16.8. The zero-order valence-electron chi connectivity index (χ0n) is 18.7. The summed E-state index contributed by atoms with van der Waals surface area (Å²) in [6, 6.07) is 23.8. The van der Waals surface area contributed by atoms with Gasteiger partial charge in [0.2, 0.25) is 11.8 Å². The SMILES string of the molecule is CC[C@H](C(=O)Nc1ccc([C@@H]2SCC(=O)N2c2cccc(C)c2C)cc1)c1ccccc1. The van der Waals surface area contributed by atoms with Crippen LogP contribution in [0.1, 0.15) is 46.9 Å². The summed E-state index contributed by atoms with van der Waals surface area (Å²) < 4.78 is 0. The van der Waals surface area contributed by atoms with Crippen molar-refractivity contribution in [2.75, 3.05) is 16.0 Å². The molecule has 0 unspecified atom stereocenters. The van der Waals surface area contributed by atoms with Gasteiger partial charge in [-0.3, -0.25) is 14.5 Å². The van der Waals surface area contributed by atoms with E-state index in [1.807, 2.05) is 78.6 Å². The lowest BCUT2D eigenvalue weighted by atomic mass is 9.95. The molecule has 1 aliphatic rings. The van der Waals surface area contributed by atoms with Crippen LogP contribution in [-0.4, -0.2) is 17.6 Å². The number of aryl methyl sites for hydroxylation is 1. The van der Waals surface area contributed by atoms with Gasteiger partial charge in [0.05, 0.1) is 11.7 Å². The Morgan fingerprint density at radius 1 is 1.03 bits per heavy atom. The molecule has 4 nitrogen and oxygen atoms in total. The Morgan fingerprint density at radius 2 is 1.75 bits per heavy atom. The molecule has 32 heavy (non-hydrogen) atoms. The highest BCUT2D eigenvalue weighted by molar-refractivity contribution is 8.00. The van der Waals surface area contributed by atoms with Gasteiger partial charge in [-0.1, -0.05) is 61.5 Å². The van der Waals surface area contributed by atoms with E-state index in [2.05, 4.69) is 25.2 Å². The third kappa shape index (κ3) is 4.44. The molecule has 0 aliphatic carbocycles. The van der Waals surface area contributed by atoms with Crippen LogP contribution in [0.3, 0.4) is 0 Å². The Labute approximate surface area is 194 Å². The van der Waals surface area contributed by atoms with Crippen molar-refractivity contribution in [3.05, 3.63) is 95.1 Å². The molecule has 2 amide bonds. The fourth-order valence-electron chi connectivity index (χ4n) is 4.15. The van der Waals surface area contributed by atoms with Crippen LogP contribution in [0.2, 0.25) is 0 Å². The van der Waals surface area contributed by atoms with Gasteiger partial charge < -0.3 is 5.32 Å². The first-order valence-corrected chi connectivity index (χ1v) is 12.0. The van der Waals surface area contributed by atoms with E-state index in [-0.39, 0.29) is 23.1 Å². The summed E-state index contributed by atoms with van der Waals surface area (Å²) in [5, 5.41) is 2.98. The molecule has 164 valence electrons. The van der Waals surface area contributed by atoms with Crippen molar-refractivity contribution in [1.29, 1.82) is 0 Å². The molecule has 0 saturated carbocycles. The molecule has 1 aliphatic heterocycles. The van der Waals surface area contributed by atoms with Crippen LogP contribution in [0, 0.1) is 13.8 Å². The lowest BCUT2D eigenvalue weighted by Crippen LogP contribution is -2.28. The van der Waals surface area contributed by atoms with Crippen molar-refractivity contribution in [3.63, 3.8) is 0 Å². The van der Waals surface area contributed by atoms with Gasteiger partial charge >= 0.3 is 0 Å². The minimum absolute atomic E-state index is 0.00567. The average Bonchev–Trinajstić information content (AvgIpc) is 3.18. The van der Waals surface area contributed by atoms with Crippen LogP contribution in [0.15, 0.2) is 72.8 Å². The molecule has 0 radical (unpaired) electrons. The number of thioether (sulfide) groups is 1. The van der Waals surface area contributed by atoms with E-state index in [4.69, 9.17) is 0 Å². The van der Waals surface area contributed by atoms with Gasteiger partial charge in [0, 0.05) is 11.4 Å². The Kier molecular flexibility index (Phi) is 6.66. The van der Waals surface area contributed by atoms with E-state index in [1.165, 1.54) is 5.56 Å². The van der Waals surface area contributed by atoms with Crippen molar-refractivity contribution < 1.29 is 9.59 Å². The Bertz CT molecular complexity index is 1110. The fourth-order valence-corrected chi connectivity index (χ4v) is 5.32. The monoisotopic (exact) mass is 444 g/mol. The van der Waals surface area contributed by atoms with Gasteiger partial charge in [0.1, 0.15) is 5.37 Å². The van der Waals surface area contributed by atoms with E-state index in [9.17, 15) is 9.59 Å². The quantitative estimate of drug-likeness (QED) is 0.491. The van der Waals surface area contributed by atoms with E-state index in [0.29, 0.717) is 5.75 Å². The summed E-state index contributed by atoms with van der Waals surface area (Å²) in [6.45, 7) is 6.15. The number of benzene rings is 3. The van der Waals surface area contributed by atoms with Crippen LogP contribution < -0.4 is 10.2 Å². The summed E-state index contributed by atoms with van der Waals surface area (Å²) in [7, 11) is 0. The van der Waals surface area contributed by atoms with Gasteiger partial charge in [0.15, 0.2) is 0 Å². The number of hydrogen-bond donors (Lipinski definition) is 1. The number of hydrogen-bond acceptors (Lipinski definition) is 3. The molecule has 1 saturated heterocycles. The first kappa shape index (κ1) is 22.2. The standard InChI is InChI=1S/C27H28N2O2S/c1-4-23(20-10-6-5-7-11-20)26(31)28-22-15-13-21(14-16-22)27-29(25(30)17-32-27)24-12-8-9-18(2)19(24)3/h5-16,23,27H,4,17H2,1-3H3,(H,28,31)/t23-,27-/m0/s1. The Balaban J connectivity index is 1.52. The lowest BCUT2D eigenvalue weighted by molar-refractivity contribution is -0.118. The van der Waals surface area contributed by atoms with Crippen LogP contribution in [0.5, 0.6) is 0 Å². The van der Waals surface area contributed by atoms with E-state index in [0.717, 1.165) is 34.5 Å². The zero-order valence-corrected chi connectivity index (χ0v) is 19.5. The van der Waals surface area contributed by atoms with Crippen molar-refractivity contribution in [1.82, 2.24) is 0 Å². The van der Waals surface area contributed by atoms with Gasteiger partial charge in [-0.2, -0.15) is 0 Å². The predicted octanol–water partition coefficient (Wildman–Crippen LogP) is 6.21. The summed E-state index contributed by atoms with van der Waals surface area (Å²) in [6.07, 6.45) is 0.736. The minimum atomic E-state index is -0.182. The maximum atomic E-state index is 12.9. The van der Waals surface area contributed by atoms with Crippen LogP contribution in [0.4, 0.5) is 11.4 Å². The number of rotatable bonds is 6. The first-order valence-electron chi connectivity index (χ1n) is 10.9. The number of anilines is 2. The highest BCUT2D eigenvalue weighted by Crippen LogP contribution is 2.43. The molecule has 2 atom stereocenters. The number of nitrogens with zero attached hydrogens (tertiary/aromatic N) is 1. The van der Waals surface area contributed by atoms with E-state index >= 15 is 0 Å². The maximum Gasteiger partial charge on any atom is 0.238 e. The fraction of sp³-hybridized carbons (Fsp3) is 0.259. The molecule has 4 rings (SSSR count). The summed E-state index contributed by atoms with van der Waals surface area (Å²) >= 11 is 1.64. The van der Waals surface area contributed by atoms with Gasteiger partial charge in [-0.25, -0.2) is 0 Å². The third-order valence-corrected chi connectivity index (χ3v) is 7.31. The van der Waals surface area contributed by atoms with Crippen molar-refractivity contribution >= 4 is 35.0 Å². The van der Waals surface area contributed by atoms with E-state index in [1.54, 1.807) is 11.8 Å². The second-order valence-corrected chi connectivity index (χ2v) is 9.20. The van der Waals surface area contributed by atoms with Crippen molar-refractivity contribution in [3.8, 4) is 0 Å². The third-order valence-electron chi connectivity index (χ3n) is 6.09. The smallest absolute Gasteiger partial charge is 0.238 e. The molecule has 3 aromatic carbocycles. The second-order valence-electron chi connectivity index (χ2n) is 8.13. The highest BCUT2D eigenvalue weighted by Gasteiger charge is 2.35. The van der Waals surface area contributed by atoms with Crippen LogP contribution in [-0.2, 0) is 9.59 Å². The molecule has 3 aromatic rings. The Morgan fingerprint density at radius 3 is 2.44 bits per heavy atom. The minimum Gasteiger partial charge on any atom is -0.326 e. The summed E-state index contributed by atoms with van der Waals surface area (Å²) in [5.41, 5.74) is 6.11. The average molecular weight is 445 g/mol. The molecule has 1 heterocycles. The molecule has 0 spiro atoms. The number of carbonyl (C=O) groups excluding carboxylic acids is 2. The number of nitrogens with one attached hydrogen (secondary N) is 1. The van der Waals surface area contributed by atoms with Crippen molar-refractivity contribution in [2.24, 2.45) is 0 Å². The molecule has 1 N–H and O–H groups in total. The molecule has 1 fully saturated rings. The van der Waals surface area contributed by atoms with Crippen molar-refractivity contribution in [2.45, 2.75) is 38.5 Å². The second kappa shape index (κ2) is 9.61. The zero-order chi connectivity index (χ0) is 22.7. The largest absolute Gasteiger partial charge is 0.326 e. The summed E-state index contributed by atoms with van der Waals surface area (Å²) in [5.74, 6) is 0.401. The van der Waals surface area contributed by atoms with Crippen LogP contribution >= 0.6 is 11.8 Å². The highest BCUT2D eigenvalue weighted by atomic mass is 32.2. The molecule has 5 heteroatoms. The topological polar surface area (TPSA) is 49.4 Å². The van der Waals surface area contributed by atoms with Crippen LogP contribution in [0.25, 0.3) is 0 Å². The molecule has 0 bridgehead atoms. The number of amides is 2. The molecular weight excluding hydrogens is 416 g/mol. The molecular formula is C27H28N2O2S. The number of carbonyl (C=O) groups is 2. The lowest BCUT2D eigenvalue weighted by Gasteiger charge is -2.26. The Hall–Kier alpha value is -3.05. The van der Waals surface area contributed by atoms with Gasteiger partial charge in [-0.15, -0.1) is 11.8 Å². The molecule has 0 aromatic heterocycles. The van der Waals surface area contributed by atoms with E-state index < -0.39 is 0 Å². The van der Waals surface area contributed by atoms with Gasteiger partial charge in [0.25, 0.3) is 0 Å². The van der Waals surface area contributed by atoms with Gasteiger partial charge in [-0.05, 0) is 60.7 Å². The first-order chi connectivity index (χ1) is 15.5.